The second kappa shape index (κ2) is 41.8. The smallest absolute Gasteiger partial charge is 0.306 e. The lowest BCUT2D eigenvalue weighted by Crippen LogP contribution is -2.60. The first-order valence-corrected chi connectivity index (χ1v) is 27.3. The maximum Gasteiger partial charge on any atom is 0.306 e. The van der Waals surface area contributed by atoms with Gasteiger partial charge in [-0.15, -0.1) is 0 Å². The Bertz CT molecular complexity index is 1380. The average molecular weight is 941 g/mol. The second-order valence-corrected chi connectivity index (χ2v) is 19.3. The van der Waals surface area contributed by atoms with E-state index in [0.717, 1.165) is 64.2 Å². The number of allylic oxidation sites excluding steroid dienone is 8. The van der Waals surface area contributed by atoms with Crippen LogP contribution >= 0.6 is 0 Å². The molecule has 0 aromatic rings. The predicted octanol–water partition coefficient (Wildman–Crippen LogP) is 11.5. The molecule has 4 N–H and O–H groups in total. The van der Waals surface area contributed by atoms with E-state index in [9.17, 15) is 37.9 Å². The molecule has 1 aliphatic rings. The quantitative estimate of drug-likeness (QED) is 0.0196. The lowest BCUT2D eigenvalue weighted by Gasteiger charge is -2.40. The van der Waals surface area contributed by atoms with E-state index in [1.165, 1.54) is 103 Å². The molecule has 0 aliphatic carbocycles. The fourth-order valence-corrected chi connectivity index (χ4v) is 8.29. The first kappa shape index (κ1) is 60.6. The number of aliphatic hydroxyl groups excluding tert-OH is 3. The molecule has 0 saturated carbocycles. The number of carbonyl (C=O) groups is 2. The minimum Gasteiger partial charge on any atom is -0.462 e. The number of unbranched alkanes of at least 4 members (excludes halogenated alkanes) is 23. The van der Waals surface area contributed by atoms with Crippen molar-refractivity contribution in [3.05, 3.63) is 48.6 Å². The van der Waals surface area contributed by atoms with Crippen molar-refractivity contribution in [2.75, 3.05) is 19.0 Å². The summed E-state index contributed by atoms with van der Waals surface area (Å²) < 4.78 is 54.1. The molecule has 13 heteroatoms. The molecule has 1 rings (SSSR count). The highest BCUT2D eigenvalue weighted by Crippen LogP contribution is 2.24. The van der Waals surface area contributed by atoms with E-state index in [1.54, 1.807) is 0 Å². The number of ether oxygens (including phenoxy) is 4. The molecule has 378 valence electrons. The molecule has 6 atom stereocenters. The Hall–Kier alpha value is -2.39. The minimum atomic E-state index is -4.61. The summed E-state index contributed by atoms with van der Waals surface area (Å²) in [6, 6.07) is 0. The van der Waals surface area contributed by atoms with Crippen LogP contribution in [0.15, 0.2) is 48.6 Å². The fourth-order valence-electron chi connectivity index (χ4n) is 7.60. The van der Waals surface area contributed by atoms with Crippen LogP contribution in [0.5, 0.6) is 0 Å². The number of esters is 2. The minimum absolute atomic E-state index is 0.139. The van der Waals surface area contributed by atoms with E-state index >= 15 is 0 Å². The van der Waals surface area contributed by atoms with Crippen LogP contribution in [0.4, 0.5) is 0 Å². The SMILES string of the molecule is CCCC/C=C/C/C=C/CCCCCCCC(=O)O[C@H](COC(=O)CCC/C=C/CC/C=C/CCCCCCCCCCCCCCCC)CO[C@H]1O[C@H](CS(=O)(=O)O)[C@@H](O)C(O)C1O. The third-order valence-electron chi connectivity index (χ3n) is 11.6. The van der Waals surface area contributed by atoms with Crippen molar-refractivity contribution in [3.63, 3.8) is 0 Å². The molecular weight excluding hydrogens is 849 g/mol. The van der Waals surface area contributed by atoms with Crippen molar-refractivity contribution < 1.29 is 56.8 Å². The van der Waals surface area contributed by atoms with Gasteiger partial charge in [0.2, 0.25) is 0 Å². The zero-order valence-electron chi connectivity index (χ0n) is 40.6. The zero-order chi connectivity index (χ0) is 47.6. The van der Waals surface area contributed by atoms with Gasteiger partial charge < -0.3 is 34.3 Å². The molecule has 0 aromatic carbocycles. The van der Waals surface area contributed by atoms with Crippen molar-refractivity contribution in [3.8, 4) is 0 Å². The number of hydrogen-bond acceptors (Lipinski definition) is 11. The zero-order valence-corrected chi connectivity index (χ0v) is 41.4. The van der Waals surface area contributed by atoms with Gasteiger partial charge in [-0.25, -0.2) is 0 Å². The van der Waals surface area contributed by atoms with Crippen molar-refractivity contribution in [2.24, 2.45) is 0 Å². The summed E-state index contributed by atoms with van der Waals surface area (Å²) in [4.78, 5) is 25.5. The molecule has 2 unspecified atom stereocenters. The molecular formula is C52H92O12S. The molecule has 0 aromatic heterocycles. The third kappa shape index (κ3) is 36.3. The lowest BCUT2D eigenvalue weighted by atomic mass is 10.00. The molecule has 0 radical (unpaired) electrons. The summed E-state index contributed by atoms with van der Waals surface area (Å²) >= 11 is 0. The van der Waals surface area contributed by atoms with Crippen molar-refractivity contribution in [1.82, 2.24) is 0 Å². The average Bonchev–Trinajstić information content (AvgIpc) is 3.27. The molecule has 65 heavy (non-hydrogen) atoms. The van der Waals surface area contributed by atoms with Crippen LogP contribution in [0, 0.1) is 0 Å². The summed E-state index contributed by atoms with van der Waals surface area (Å²) in [6.45, 7) is 3.69. The van der Waals surface area contributed by atoms with E-state index in [0.29, 0.717) is 19.3 Å². The van der Waals surface area contributed by atoms with Crippen molar-refractivity contribution in [2.45, 2.75) is 250 Å². The monoisotopic (exact) mass is 941 g/mol. The summed E-state index contributed by atoms with van der Waals surface area (Å²) in [5.41, 5.74) is 0. The van der Waals surface area contributed by atoms with Crippen molar-refractivity contribution in [1.29, 1.82) is 0 Å². The van der Waals surface area contributed by atoms with Crippen LogP contribution in [-0.2, 0) is 38.7 Å². The Morgan fingerprint density at radius 3 is 1.51 bits per heavy atom. The highest BCUT2D eigenvalue weighted by atomic mass is 32.2. The third-order valence-corrected chi connectivity index (χ3v) is 12.4. The van der Waals surface area contributed by atoms with Crippen LogP contribution < -0.4 is 0 Å². The summed E-state index contributed by atoms with van der Waals surface area (Å²) in [5, 5.41) is 30.9. The number of rotatable bonds is 43. The Kier molecular flexibility index (Phi) is 39.0. The highest BCUT2D eigenvalue weighted by Gasteiger charge is 2.46. The Morgan fingerprint density at radius 1 is 0.523 bits per heavy atom. The molecule has 1 fully saturated rings. The van der Waals surface area contributed by atoms with E-state index in [2.05, 4.69) is 62.5 Å². The number of aliphatic hydroxyl groups is 3. The van der Waals surface area contributed by atoms with E-state index < -0.39 is 71.2 Å². The van der Waals surface area contributed by atoms with Gasteiger partial charge in [-0.1, -0.05) is 178 Å². The number of hydrogen-bond donors (Lipinski definition) is 4. The van der Waals surface area contributed by atoms with E-state index in [4.69, 9.17) is 18.9 Å². The molecule has 1 heterocycles. The first-order chi connectivity index (χ1) is 31.5. The van der Waals surface area contributed by atoms with Crippen LogP contribution in [0.1, 0.15) is 213 Å². The normalized spacial score (nSPS) is 19.9. The maximum atomic E-state index is 12.8. The fraction of sp³-hybridized carbons (Fsp3) is 0.808. The molecule has 0 amide bonds. The molecule has 0 spiro atoms. The predicted molar refractivity (Wildman–Crippen MR) is 261 cm³/mol. The van der Waals surface area contributed by atoms with Gasteiger partial charge in [0.15, 0.2) is 12.4 Å². The van der Waals surface area contributed by atoms with Gasteiger partial charge in [0.1, 0.15) is 36.8 Å². The van der Waals surface area contributed by atoms with Crippen molar-refractivity contribution >= 4 is 22.1 Å². The van der Waals surface area contributed by atoms with Gasteiger partial charge >= 0.3 is 11.9 Å². The van der Waals surface area contributed by atoms with Gasteiger partial charge in [0.25, 0.3) is 10.1 Å². The standard InChI is InChI=1S/C52H92O12S/c1-3-5-7-9-11-13-15-17-19-20-21-22-23-24-25-26-27-29-30-32-34-36-38-40-47(53)61-42-45(43-62-52-51(57)50(56)49(55)46(64-52)44-65(58,59)60)63-48(54)41-39-37-35-33-31-28-18-16-14-12-10-8-6-4-2/h10,12,16,18,26-27,32,34,45-46,49-52,55-57H,3-9,11,13-15,17,19-25,28-31,33,35-44H2,1-2H3,(H,58,59,60)/b12-10+,18-16+,27-26+,34-32+/t45-,46-,49-,50?,51?,52+/m1/s1. The Balaban J connectivity index is 2.38. The maximum absolute atomic E-state index is 12.8. The highest BCUT2D eigenvalue weighted by molar-refractivity contribution is 7.85. The van der Waals surface area contributed by atoms with Gasteiger partial charge in [-0.05, 0) is 70.6 Å². The van der Waals surface area contributed by atoms with Crippen LogP contribution in [-0.4, -0.2) is 96.0 Å². The van der Waals surface area contributed by atoms with Crippen LogP contribution in [0.25, 0.3) is 0 Å². The molecule has 1 saturated heterocycles. The molecule has 0 bridgehead atoms. The summed E-state index contributed by atoms with van der Waals surface area (Å²) in [5.74, 6) is -2.05. The molecule has 12 nitrogen and oxygen atoms in total. The Labute approximate surface area is 394 Å². The van der Waals surface area contributed by atoms with E-state index in [1.807, 2.05) is 0 Å². The second-order valence-electron chi connectivity index (χ2n) is 17.8. The Morgan fingerprint density at radius 2 is 0.969 bits per heavy atom. The van der Waals surface area contributed by atoms with Crippen LogP contribution in [0.3, 0.4) is 0 Å². The van der Waals surface area contributed by atoms with Gasteiger partial charge in [0.05, 0.1) is 6.61 Å². The number of carbonyl (C=O) groups excluding carboxylic acids is 2. The van der Waals surface area contributed by atoms with E-state index in [-0.39, 0.29) is 19.4 Å². The summed E-state index contributed by atoms with van der Waals surface area (Å²) in [6.07, 6.45) is 41.7. The molecule has 1 aliphatic heterocycles. The van der Waals surface area contributed by atoms with Gasteiger partial charge in [-0.3, -0.25) is 14.1 Å². The lowest BCUT2D eigenvalue weighted by molar-refractivity contribution is -0.297. The summed E-state index contributed by atoms with van der Waals surface area (Å²) in [7, 11) is -4.61. The topological polar surface area (TPSA) is 186 Å². The van der Waals surface area contributed by atoms with Crippen LogP contribution in [0.2, 0.25) is 0 Å². The largest absolute Gasteiger partial charge is 0.462 e. The van der Waals surface area contributed by atoms with Gasteiger partial charge in [-0.2, -0.15) is 8.42 Å². The van der Waals surface area contributed by atoms with Gasteiger partial charge in [0, 0.05) is 12.8 Å². The first-order valence-electron chi connectivity index (χ1n) is 25.7.